The molecule has 0 aliphatic rings. The van der Waals surface area contributed by atoms with Gasteiger partial charge in [0.2, 0.25) is 0 Å². The third kappa shape index (κ3) is 3.88. The number of nitrogens with zero attached hydrogens (tertiary/aromatic N) is 4. The molecule has 0 fully saturated rings. The molecule has 0 aromatic carbocycles. The second kappa shape index (κ2) is 7.10. The van der Waals surface area contributed by atoms with Gasteiger partial charge in [-0.15, -0.1) is 46.3 Å². The van der Waals surface area contributed by atoms with E-state index in [1.165, 1.54) is 4.68 Å². The lowest BCUT2D eigenvalue weighted by Crippen LogP contribution is -2.13. The number of rotatable bonds is 3. The highest BCUT2D eigenvalue weighted by atomic mass is 35.5. The molecule has 94 valence electrons. The molecule has 0 saturated carbocycles. The summed E-state index contributed by atoms with van der Waals surface area (Å²) in [6.07, 6.45) is 1.70. The Bertz CT molecular complexity index is 466. The highest BCUT2D eigenvalue weighted by Gasteiger charge is 2.02. The van der Waals surface area contributed by atoms with Gasteiger partial charge in [-0.25, -0.2) is 10.1 Å². The first kappa shape index (κ1) is 15.7. The van der Waals surface area contributed by atoms with Gasteiger partial charge in [-0.1, -0.05) is 6.07 Å². The van der Waals surface area contributed by atoms with Gasteiger partial charge < -0.3 is 5.84 Å². The maximum atomic E-state index is 5.62. The maximum absolute atomic E-state index is 5.62. The van der Waals surface area contributed by atoms with Crippen LogP contribution in [0.15, 0.2) is 22.6 Å². The molecule has 0 unspecified atom stereocenters. The fraction of sp³-hybridized carbons (Fsp3) is 0.125. The van der Waals surface area contributed by atoms with Gasteiger partial charge in [-0.2, -0.15) is 5.10 Å². The SMILES string of the molecule is Cc1nnc(NN=Cc2cccs2)n1N.Cl.Cl. The number of halogens is 2. The molecule has 0 saturated heterocycles. The Kier molecular flexibility index (Phi) is 6.55. The lowest BCUT2D eigenvalue weighted by Gasteiger charge is -1.98. The molecule has 0 bridgehead atoms. The van der Waals surface area contributed by atoms with Gasteiger partial charge in [0, 0.05) is 4.88 Å². The van der Waals surface area contributed by atoms with Gasteiger partial charge in [-0.3, -0.25) is 0 Å². The van der Waals surface area contributed by atoms with E-state index in [1.807, 2.05) is 17.5 Å². The molecule has 17 heavy (non-hydrogen) atoms. The van der Waals surface area contributed by atoms with Crippen molar-refractivity contribution in [1.29, 1.82) is 0 Å². The summed E-state index contributed by atoms with van der Waals surface area (Å²) < 4.78 is 1.34. The Hall–Kier alpha value is -1.31. The molecule has 0 aliphatic carbocycles. The number of nitrogen functional groups attached to an aromatic ring is 1. The molecular weight excluding hydrogens is 283 g/mol. The smallest absolute Gasteiger partial charge is 0.263 e. The Labute approximate surface area is 115 Å². The van der Waals surface area contributed by atoms with Crippen LogP contribution in [0.25, 0.3) is 0 Å². The monoisotopic (exact) mass is 294 g/mol. The van der Waals surface area contributed by atoms with Crippen molar-refractivity contribution in [1.82, 2.24) is 14.9 Å². The number of aromatic nitrogens is 3. The number of thiophene rings is 1. The fourth-order valence-corrected chi connectivity index (χ4v) is 1.55. The van der Waals surface area contributed by atoms with Gasteiger partial charge in [0.15, 0.2) is 5.82 Å². The van der Waals surface area contributed by atoms with Crippen LogP contribution in [-0.2, 0) is 0 Å². The first-order chi connectivity index (χ1) is 7.27. The van der Waals surface area contributed by atoms with Crippen LogP contribution in [-0.4, -0.2) is 21.1 Å². The van der Waals surface area contributed by atoms with E-state index < -0.39 is 0 Å². The molecule has 0 aliphatic heterocycles. The van der Waals surface area contributed by atoms with Crippen LogP contribution in [0.5, 0.6) is 0 Å². The Morgan fingerprint density at radius 3 is 2.76 bits per heavy atom. The summed E-state index contributed by atoms with van der Waals surface area (Å²) in [4.78, 5) is 1.06. The zero-order valence-corrected chi connectivity index (χ0v) is 11.3. The Morgan fingerprint density at radius 1 is 1.47 bits per heavy atom. The van der Waals surface area contributed by atoms with Crippen LogP contribution in [0, 0.1) is 6.92 Å². The zero-order chi connectivity index (χ0) is 10.7. The maximum Gasteiger partial charge on any atom is 0.263 e. The topological polar surface area (TPSA) is 81.1 Å². The van der Waals surface area contributed by atoms with Crippen molar-refractivity contribution in [2.75, 3.05) is 11.3 Å². The second-order valence-corrected chi connectivity index (χ2v) is 3.81. The predicted octanol–water partition coefficient (Wildman–Crippen LogP) is 1.65. The summed E-state index contributed by atoms with van der Waals surface area (Å²) >= 11 is 1.60. The van der Waals surface area contributed by atoms with Crippen molar-refractivity contribution in [3.8, 4) is 0 Å². The Balaban J connectivity index is 0.00000128. The lowest BCUT2D eigenvalue weighted by molar-refractivity contribution is 0.926. The minimum Gasteiger partial charge on any atom is -0.335 e. The number of hydrazone groups is 1. The molecule has 0 atom stereocenters. The van der Waals surface area contributed by atoms with E-state index in [-0.39, 0.29) is 24.8 Å². The molecule has 6 nitrogen and oxygen atoms in total. The quantitative estimate of drug-likeness (QED) is 0.512. The van der Waals surface area contributed by atoms with Crippen molar-refractivity contribution >= 4 is 48.3 Å². The largest absolute Gasteiger partial charge is 0.335 e. The van der Waals surface area contributed by atoms with Gasteiger partial charge in [0.25, 0.3) is 5.95 Å². The third-order valence-corrected chi connectivity index (χ3v) is 2.57. The molecule has 0 spiro atoms. The normalized spacial score (nSPS) is 9.71. The Morgan fingerprint density at radius 2 is 2.24 bits per heavy atom. The number of anilines is 1. The van der Waals surface area contributed by atoms with Crippen LogP contribution in [0.3, 0.4) is 0 Å². The van der Waals surface area contributed by atoms with Gasteiger partial charge in [0.1, 0.15) is 0 Å². The van der Waals surface area contributed by atoms with Crippen molar-refractivity contribution in [3.63, 3.8) is 0 Å². The summed E-state index contributed by atoms with van der Waals surface area (Å²) in [7, 11) is 0. The number of hydrogen-bond acceptors (Lipinski definition) is 6. The van der Waals surface area contributed by atoms with Crippen LogP contribution < -0.4 is 11.3 Å². The van der Waals surface area contributed by atoms with E-state index in [2.05, 4.69) is 20.7 Å². The molecule has 0 radical (unpaired) electrons. The van der Waals surface area contributed by atoms with E-state index in [1.54, 1.807) is 24.5 Å². The fourth-order valence-electron chi connectivity index (χ4n) is 0.964. The van der Waals surface area contributed by atoms with E-state index >= 15 is 0 Å². The standard InChI is InChI=1S/C8H10N6S.2ClH/c1-6-11-13-8(14(6)9)12-10-5-7-3-2-4-15-7;;/h2-5H,9H2,1H3,(H,12,13);2*1H. The summed E-state index contributed by atoms with van der Waals surface area (Å²) in [6.45, 7) is 1.77. The van der Waals surface area contributed by atoms with Crippen LogP contribution in [0.1, 0.15) is 10.7 Å². The molecule has 2 aromatic rings. The van der Waals surface area contributed by atoms with E-state index in [0.717, 1.165) is 4.88 Å². The highest BCUT2D eigenvalue weighted by molar-refractivity contribution is 7.11. The van der Waals surface area contributed by atoms with Crippen LogP contribution >= 0.6 is 36.2 Å². The molecular formula is C8H12Cl2N6S. The van der Waals surface area contributed by atoms with E-state index in [9.17, 15) is 0 Å². The van der Waals surface area contributed by atoms with Crippen LogP contribution in [0.4, 0.5) is 5.95 Å². The first-order valence-corrected chi connectivity index (χ1v) is 5.15. The average Bonchev–Trinajstić information content (AvgIpc) is 2.83. The third-order valence-electron chi connectivity index (χ3n) is 1.77. The predicted molar refractivity (Wildman–Crippen MR) is 74.9 cm³/mol. The summed E-state index contributed by atoms with van der Waals surface area (Å²) in [6, 6.07) is 3.93. The molecule has 2 aromatic heterocycles. The lowest BCUT2D eigenvalue weighted by atomic mass is 10.5. The number of nitrogens with two attached hydrogens (primary N) is 1. The minimum absolute atomic E-state index is 0. The second-order valence-electron chi connectivity index (χ2n) is 2.83. The van der Waals surface area contributed by atoms with Crippen molar-refractivity contribution < 1.29 is 0 Å². The van der Waals surface area contributed by atoms with Crippen molar-refractivity contribution in [2.24, 2.45) is 5.10 Å². The first-order valence-electron chi connectivity index (χ1n) is 4.27. The highest BCUT2D eigenvalue weighted by Crippen LogP contribution is 2.05. The van der Waals surface area contributed by atoms with Gasteiger partial charge in [-0.05, 0) is 18.4 Å². The molecule has 9 heteroatoms. The number of aryl methyl sites for hydroxylation is 1. The van der Waals surface area contributed by atoms with E-state index in [4.69, 9.17) is 5.84 Å². The molecule has 2 rings (SSSR count). The molecule has 0 amide bonds. The number of nitrogens with one attached hydrogen (secondary N) is 1. The molecule has 3 N–H and O–H groups in total. The van der Waals surface area contributed by atoms with Crippen LogP contribution in [0.2, 0.25) is 0 Å². The summed E-state index contributed by atoms with van der Waals surface area (Å²) in [5.41, 5.74) is 2.71. The van der Waals surface area contributed by atoms with Gasteiger partial charge >= 0.3 is 0 Å². The summed E-state index contributed by atoms with van der Waals surface area (Å²) in [5, 5.41) is 13.6. The van der Waals surface area contributed by atoms with Crippen molar-refractivity contribution in [3.05, 3.63) is 28.2 Å². The average molecular weight is 295 g/mol. The van der Waals surface area contributed by atoms with Crippen molar-refractivity contribution in [2.45, 2.75) is 6.92 Å². The zero-order valence-electron chi connectivity index (χ0n) is 8.90. The number of hydrogen-bond donors (Lipinski definition) is 2. The van der Waals surface area contributed by atoms with Gasteiger partial charge in [0.05, 0.1) is 6.21 Å². The minimum atomic E-state index is 0. The summed E-state index contributed by atoms with van der Waals surface area (Å²) in [5.74, 6) is 6.67. The van der Waals surface area contributed by atoms with E-state index in [0.29, 0.717) is 11.8 Å². The molecule has 2 heterocycles.